The average Bonchev–Trinajstić information content (AvgIpc) is 2.96. The molecule has 0 radical (unpaired) electrons. The zero-order valence-corrected chi connectivity index (χ0v) is 12.4. The zero-order chi connectivity index (χ0) is 14.7. The second kappa shape index (κ2) is 6.25. The van der Waals surface area contributed by atoms with Crippen LogP contribution in [0.15, 0.2) is 30.3 Å². The van der Waals surface area contributed by atoms with Crippen molar-refractivity contribution in [1.82, 2.24) is 10.2 Å². The molecule has 110 valence electrons. The highest BCUT2D eigenvalue weighted by Gasteiger charge is 2.15. The number of H-pyrrole nitrogens is 1. The Labute approximate surface area is 125 Å². The minimum absolute atomic E-state index is 0.301. The molecule has 1 aliphatic rings. The van der Waals surface area contributed by atoms with Gasteiger partial charge < -0.3 is 0 Å². The van der Waals surface area contributed by atoms with E-state index in [1.54, 1.807) is 12.1 Å². The van der Waals surface area contributed by atoms with E-state index < -0.39 is 0 Å². The van der Waals surface area contributed by atoms with E-state index in [0.717, 1.165) is 11.3 Å². The normalized spacial score (nSPS) is 17.1. The summed E-state index contributed by atoms with van der Waals surface area (Å²) < 4.78 is 14.1. The summed E-state index contributed by atoms with van der Waals surface area (Å²) in [5, 5.41) is 6.69. The van der Waals surface area contributed by atoms with Crippen LogP contribution in [-0.4, -0.2) is 10.2 Å². The van der Waals surface area contributed by atoms with Crippen molar-refractivity contribution in [3.63, 3.8) is 0 Å². The molecule has 1 aliphatic carbocycles. The molecule has 2 aromatic rings. The summed E-state index contributed by atoms with van der Waals surface area (Å²) in [6.07, 6.45) is 8.15. The number of hydrogen-bond acceptors (Lipinski definition) is 1. The van der Waals surface area contributed by atoms with Crippen molar-refractivity contribution in [3.05, 3.63) is 52.8 Å². The number of hydrogen-bond donors (Lipinski definition) is 1. The van der Waals surface area contributed by atoms with Crippen molar-refractivity contribution in [3.8, 4) is 0 Å². The van der Waals surface area contributed by atoms with Crippen LogP contribution in [0, 0.1) is 6.92 Å². The van der Waals surface area contributed by atoms with Gasteiger partial charge in [0.15, 0.2) is 5.83 Å². The summed E-state index contributed by atoms with van der Waals surface area (Å²) in [4.78, 5) is 0. The fourth-order valence-corrected chi connectivity index (χ4v) is 3.06. The van der Waals surface area contributed by atoms with Crippen molar-refractivity contribution in [2.24, 2.45) is 0 Å². The monoisotopic (exact) mass is 284 g/mol. The van der Waals surface area contributed by atoms with Crippen LogP contribution >= 0.6 is 0 Å². The van der Waals surface area contributed by atoms with Gasteiger partial charge >= 0.3 is 0 Å². The standard InChI is InChI=1S/C18H21FN2/c1-13-11-18(21-20-13)17(19)12-14-7-9-16(10-8-14)15-5-3-2-4-6-15/h7-12,15H,2-6H2,1H3,(H,20,21)/b17-12-. The average molecular weight is 284 g/mol. The zero-order valence-electron chi connectivity index (χ0n) is 12.4. The maximum Gasteiger partial charge on any atom is 0.151 e. The van der Waals surface area contributed by atoms with Crippen LogP contribution in [0.2, 0.25) is 0 Å². The van der Waals surface area contributed by atoms with E-state index >= 15 is 0 Å². The molecule has 3 rings (SSSR count). The summed E-state index contributed by atoms with van der Waals surface area (Å²) >= 11 is 0. The molecule has 0 saturated heterocycles. The first-order valence-corrected chi connectivity index (χ1v) is 7.72. The van der Waals surface area contributed by atoms with E-state index in [9.17, 15) is 4.39 Å². The topological polar surface area (TPSA) is 28.7 Å². The Kier molecular flexibility index (Phi) is 4.18. The van der Waals surface area contributed by atoms with Gasteiger partial charge in [0.05, 0.1) is 0 Å². The Morgan fingerprint density at radius 2 is 1.90 bits per heavy atom. The van der Waals surface area contributed by atoms with Gasteiger partial charge in [0.1, 0.15) is 5.69 Å². The fraction of sp³-hybridized carbons (Fsp3) is 0.389. The molecule has 3 heteroatoms. The van der Waals surface area contributed by atoms with Crippen molar-refractivity contribution >= 4 is 11.9 Å². The van der Waals surface area contributed by atoms with Gasteiger partial charge in [-0.1, -0.05) is 43.5 Å². The van der Waals surface area contributed by atoms with Crippen LogP contribution in [0.5, 0.6) is 0 Å². The number of nitrogens with one attached hydrogen (secondary N) is 1. The molecule has 1 fully saturated rings. The van der Waals surface area contributed by atoms with E-state index in [2.05, 4.69) is 22.3 Å². The Hall–Kier alpha value is -1.90. The highest BCUT2D eigenvalue weighted by molar-refractivity contribution is 5.75. The van der Waals surface area contributed by atoms with Crippen molar-refractivity contribution in [2.75, 3.05) is 0 Å². The number of rotatable bonds is 3. The third-order valence-electron chi connectivity index (χ3n) is 4.26. The molecule has 0 amide bonds. The van der Waals surface area contributed by atoms with E-state index in [1.165, 1.54) is 37.7 Å². The SMILES string of the molecule is Cc1cc(/C(F)=C/c2ccc(C3CCCCC3)cc2)n[nH]1. The molecular weight excluding hydrogens is 263 g/mol. The third kappa shape index (κ3) is 3.41. The number of halogens is 1. The van der Waals surface area contributed by atoms with Crippen LogP contribution in [0.4, 0.5) is 4.39 Å². The van der Waals surface area contributed by atoms with Crippen LogP contribution in [-0.2, 0) is 0 Å². The number of aromatic nitrogens is 2. The van der Waals surface area contributed by atoms with Crippen LogP contribution in [0.3, 0.4) is 0 Å². The van der Waals surface area contributed by atoms with Crippen molar-refractivity contribution in [2.45, 2.75) is 44.9 Å². The third-order valence-corrected chi connectivity index (χ3v) is 4.26. The second-order valence-electron chi connectivity index (χ2n) is 5.93. The van der Waals surface area contributed by atoms with Crippen LogP contribution < -0.4 is 0 Å². The van der Waals surface area contributed by atoms with Gasteiger partial charge in [0.2, 0.25) is 0 Å². The molecule has 0 unspecified atom stereocenters. The molecular formula is C18H21FN2. The minimum atomic E-state index is -0.301. The van der Waals surface area contributed by atoms with Gasteiger partial charge in [-0.3, -0.25) is 5.10 Å². The predicted molar refractivity (Wildman–Crippen MR) is 84.6 cm³/mol. The van der Waals surface area contributed by atoms with Crippen molar-refractivity contribution in [1.29, 1.82) is 0 Å². The molecule has 0 spiro atoms. The molecule has 1 N–H and O–H groups in total. The Morgan fingerprint density at radius 1 is 1.19 bits per heavy atom. The second-order valence-corrected chi connectivity index (χ2v) is 5.93. The lowest BCUT2D eigenvalue weighted by molar-refractivity contribution is 0.443. The lowest BCUT2D eigenvalue weighted by Crippen LogP contribution is -2.04. The largest absolute Gasteiger partial charge is 0.282 e. The fourth-order valence-electron chi connectivity index (χ4n) is 3.06. The molecule has 1 aromatic carbocycles. The van der Waals surface area contributed by atoms with E-state index in [4.69, 9.17) is 0 Å². The first-order valence-electron chi connectivity index (χ1n) is 7.72. The van der Waals surface area contributed by atoms with Crippen LogP contribution in [0.25, 0.3) is 11.9 Å². The maximum absolute atomic E-state index is 14.1. The molecule has 2 nitrogen and oxygen atoms in total. The molecule has 21 heavy (non-hydrogen) atoms. The van der Waals surface area contributed by atoms with Gasteiger partial charge in [0, 0.05) is 5.69 Å². The van der Waals surface area contributed by atoms with E-state index in [0.29, 0.717) is 11.6 Å². The molecule has 0 aliphatic heterocycles. The maximum atomic E-state index is 14.1. The Bertz CT molecular complexity index is 619. The smallest absolute Gasteiger partial charge is 0.151 e. The highest BCUT2D eigenvalue weighted by atomic mass is 19.1. The summed E-state index contributed by atoms with van der Waals surface area (Å²) in [5.41, 5.74) is 3.50. The lowest BCUT2D eigenvalue weighted by Gasteiger charge is -2.21. The number of aryl methyl sites for hydroxylation is 1. The van der Waals surface area contributed by atoms with Gasteiger partial charge in [-0.2, -0.15) is 5.10 Å². The molecule has 1 saturated carbocycles. The first-order chi connectivity index (χ1) is 10.2. The van der Waals surface area contributed by atoms with E-state index in [1.807, 2.05) is 19.1 Å². The van der Waals surface area contributed by atoms with Gasteiger partial charge in [-0.05, 0) is 49.0 Å². The summed E-state index contributed by atoms with van der Waals surface area (Å²) in [6, 6.07) is 10.0. The van der Waals surface area contributed by atoms with Gasteiger partial charge in [-0.25, -0.2) is 4.39 Å². The minimum Gasteiger partial charge on any atom is -0.282 e. The van der Waals surface area contributed by atoms with E-state index in [-0.39, 0.29) is 5.83 Å². The van der Waals surface area contributed by atoms with Crippen LogP contribution in [0.1, 0.15) is 60.5 Å². The quantitative estimate of drug-likeness (QED) is 0.821. The highest BCUT2D eigenvalue weighted by Crippen LogP contribution is 2.32. The predicted octanol–water partition coefficient (Wildman–Crippen LogP) is 5.23. The molecule has 0 bridgehead atoms. The lowest BCUT2D eigenvalue weighted by atomic mass is 9.84. The summed E-state index contributed by atoms with van der Waals surface area (Å²) in [6.45, 7) is 1.86. The Morgan fingerprint density at radius 3 is 2.52 bits per heavy atom. The number of nitrogens with zero attached hydrogens (tertiary/aromatic N) is 1. The number of benzene rings is 1. The summed E-state index contributed by atoms with van der Waals surface area (Å²) in [7, 11) is 0. The molecule has 1 aromatic heterocycles. The molecule has 1 heterocycles. The summed E-state index contributed by atoms with van der Waals surface area (Å²) in [5.74, 6) is 0.389. The van der Waals surface area contributed by atoms with Gasteiger partial charge in [0.25, 0.3) is 0 Å². The van der Waals surface area contributed by atoms with Gasteiger partial charge in [-0.15, -0.1) is 0 Å². The molecule has 0 atom stereocenters. The first kappa shape index (κ1) is 14.1. The number of aromatic amines is 1. The van der Waals surface area contributed by atoms with Crippen molar-refractivity contribution < 1.29 is 4.39 Å². The Balaban J connectivity index is 1.74.